The summed E-state index contributed by atoms with van der Waals surface area (Å²) in [7, 11) is 0. The maximum absolute atomic E-state index is 13.4. The molecule has 0 aliphatic rings. The van der Waals surface area contributed by atoms with Gasteiger partial charge in [-0.25, -0.2) is 4.39 Å². The van der Waals surface area contributed by atoms with E-state index in [9.17, 15) is 9.50 Å². The van der Waals surface area contributed by atoms with Gasteiger partial charge >= 0.3 is 0 Å². The summed E-state index contributed by atoms with van der Waals surface area (Å²) in [5.74, 6) is 0.363. The van der Waals surface area contributed by atoms with Gasteiger partial charge in [-0.2, -0.15) is 0 Å². The van der Waals surface area contributed by atoms with Crippen LogP contribution in [0.4, 0.5) is 4.39 Å². The lowest BCUT2D eigenvalue weighted by Gasteiger charge is -2.05. The van der Waals surface area contributed by atoms with Gasteiger partial charge in [0.05, 0.1) is 0 Å². The number of thioether (sulfide) groups is 1. The number of para-hydroxylation sites is 1. The van der Waals surface area contributed by atoms with E-state index in [1.54, 1.807) is 24.3 Å². The van der Waals surface area contributed by atoms with Crippen LogP contribution < -0.4 is 0 Å². The first-order valence-corrected chi connectivity index (χ1v) is 6.38. The number of hydrogen-bond acceptors (Lipinski definition) is 2. The molecule has 0 bridgehead atoms. The Kier molecular flexibility index (Phi) is 3.92. The Morgan fingerprint density at radius 2 is 1.94 bits per heavy atom. The molecule has 4 heteroatoms. The first-order valence-electron chi connectivity index (χ1n) is 5.01. The van der Waals surface area contributed by atoms with Gasteiger partial charge in [-0.3, -0.25) is 0 Å². The van der Waals surface area contributed by atoms with Gasteiger partial charge in [0.15, 0.2) is 0 Å². The second-order valence-corrected chi connectivity index (χ2v) is 4.95. The quantitative estimate of drug-likeness (QED) is 0.829. The third kappa shape index (κ3) is 3.14. The predicted octanol–water partition coefficient (Wildman–Crippen LogP) is 4.48. The minimum absolute atomic E-state index is 0.208. The first-order chi connectivity index (χ1) is 8.16. The smallest absolute Gasteiger partial charge is 0.129 e. The first kappa shape index (κ1) is 12.3. The molecule has 2 rings (SSSR count). The van der Waals surface area contributed by atoms with Crippen LogP contribution in [0.15, 0.2) is 47.4 Å². The number of hydrogen-bond donors (Lipinski definition) is 1. The fraction of sp³-hybridized carbons (Fsp3) is 0.0769. The van der Waals surface area contributed by atoms with Crippen molar-refractivity contribution in [3.05, 3.63) is 58.9 Å². The van der Waals surface area contributed by atoms with E-state index in [-0.39, 0.29) is 11.6 Å². The van der Waals surface area contributed by atoms with Crippen LogP contribution in [0.3, 0.4) is 0 Å². The van der Waals surface area contributed by atoms with Gasteiger partial charge in [-0.1, -0.05) is 23.7 Å². The molecule has 0 atom stereocenters. The second-order valence-electron chi connectivity index (χ2n) is 3.49. The number of benzene rings is 2. The van der Waals surface area contributed by atoms with E-state index in [1.807, 2.05) is 6.07 Å². The van der Waals surface area contributed by atoms with Crippen molar-refractivity contribution in [2.75, 3.05) is 0 Å². The molecule has 0 amide bonds. The van der Waals surface area contributed by atoms with Crippen molar-refractivity contribution in [2.24, 2.45) is 0 Å². The number of halogens is 2. The molecule has 2 aromatic rings. The van der Waals surface area contributed by atoms with Gasteiger partial charge in [0.1, 0.15) is 11.6 Å². The monoisotopic (exact) mass is 268 g/mol. The Morgan fingerprint density at radius 3 is 2.71 bits per heavy atom. The lowest BCUT2D eigenvalue weighted by atomic mass is 10.2. The van der Waals surface area contributed by atoms with Crippen LogP contribution in [0, 0.1) is 5.82 Å². The molecule has 0 heterocycles. The van der Waals surface area contributed by atoms with Gasteiger partial charge in [-0.05, 0) is 35.9 Å². The van der Waals surface area contributed by atoms with Crippen molar-refractivity contribution in [1.82, 2.24) is 0 Å². The SMILES string of the molecule is Oc1ccccc1SCc1cc(Cl)ccc1F. The fourth-order valence-electron chi connectivity index (χ4n) is 1.39. The average Bonchev–Trinajstić information content (AvgIpc) is 2.32. The number of rotatable bonds is 3. The summed E-state index contributed by atoms with van der Waals surface area (Å²) in [5.41, 5.74) is 0.533. The highest BCUT2D eigenvalue weighted by Gasteiger charge is 2.06. The zero-order chi connectivity index (χ0) is 12.3. The van der Waals surface area contributed by atoms with Crippen LogP contribution in [0.1, 0.15) is 5.56 Å². The van der Waals surface area contributed by atoms with Crippen molar-refractivity contribution < 1.29 is 9.50 Å². The molecule has 0 spiro atoms. The van der Waals surface area contributed by atoms with Crippen molar-refractivity contribution in [3.8, 4) is 5.75 Å². The molecular weight excluding hydrogens is 259 g/mol. The molecular formula is C13H10ClFOS. The summed E-state index contributed by atoms with van der Waals surface area (Å²) in [6.45, 7) is 0. The molecule has 0 aliphatic carbocycles. The maximum Gasteiger partial charge on any atom is 0.129 e. The average molecular weight is 269 g/mol. The summed E-state index contributed by atoms with van der Waals surface area (Å²) >= 11 is 7.18. The van der Waals surface area contributed by atoms with Gasteiger partial charge < -0.3 is 5.11 Å². The summed E-state index contributed by atoms with van der Waals surface area (Å²) < 4.78 is 13.4. The normalized spacial score (nSPS) is 10.5. The zero-order valence-corrected chi connectivity index (χ0v) is 10.4. The molecule has 17 heavy (non-hydrogen) atoms. The zero-order valence-electron chi connectivity index (χ0n) is 8.86. The summed E-state index contributed by atoms with van der Waals surface area (Å²) in [6, 6.07) is 11.5. The number of phenols is 1. The number of aromatic hydroxyl groups is 1. The fourth-order valence-corrected chi connectivity index (χ4v) is 2.51. The third-order valence-corrected chi connectivity index (χ3v) is 3.60. The van der Waals surface area contributed by atoms with E-state index < -0.39 is 0 Å². The van der Waals surface area contributed by atoms with E-state index in [0.29, 0.717) is 16.3 Å². The van der Waals surface area contributed by atoms with Crippen molar-refractivity contribution in [1.29, 1.82) is 0 Å². The molecule has 0 fully saturated rings. The van der Waals surface area contributed by atoms with Crippen molar-refractivity contribution in [2.45, 2.75) is 10.6 Å². The highest BCUT2D eigenvalue weighted by Crippen LogP contribution is 2.31. The Morgan fingerprint density at radius 1 is 1.18 bits per heavy atom. The van der Waals surface area contributed by atoms with Crippen LogP contribution in [0.2, 0.25) is 5.02 Å². The minimum Gasteiger partial charge on any atom is -0.507 e. The van der Waals surface area contributed by atoms with Crippen LogP contribution in [0.5, 0.6) is 5.75 Å². The molecule has 0 radical (unpaired) electrons. The topological polar surface area (TPSA) is 20.2 Å². The van der Waals surface area contributed by atoms with Crippen molar-refractivity contribution in [3.63, 3.8) is 0 Å². The summed E-state index contributed by atoms with van der Waals surface area (Å²) in [5, 5.41) is 10.1. The van der Waals surface area contributed by atoms with E-state index in [2.05, 4.69) is 0 Å². The van der Waals surface area contributed by atoms with E-state index in [0.717, 1.165) is 4.90 Å². The molecule has 0 aliphatic heterocycles. The maximum atomic E-state index is 13.4. The van der Waals surface area contributed by atoms with Crippen LogP contribution >= 0.6 is 23.4 Å². The molecule has 0 unspecified atom stereocenters. The minimum atomic E-state index is -0.280. The van der Waals surface area contributed by atoms with Crippen LogP contribution in [0.25, 0.3) is 0 Å². The molecule has 2 aromatic carbocycles. The van der Waals surface area contributed by atoms with Gasteiger partial charge in [0, 0.05) is 15.7 Å². The number of phenolic OH excluding ortho intramolecular Hbond substituents is 1. The van der Waals surface area contributed by atoms with Gasteiger partial charge in [0.2, 0.25) is 0 Å². The third-order valence-electron chi connectivity index (χ3n) is 2.26. The molecule has 0 aromatic heterocycles. The van der Waals surface area contributed by atoms with E-state index in [1.165, 1.54) is 23.9 Å². The molecule has 88 valence electrons. The summed E-state index contributed by atoms with van der Waals surface area (Å²) in [4.78, 5) is 0.729. The molecule has 0 saturated heterocycles. The summed E-state index contributed by atoms with van der Waals surface area (Å²) in [6.07, 6.45) is 0. The van der Waals surface area contributed by atoms with Crippen LogP contribution in [-0.2, 0) is 5.75 Å². The largest absolute Gasteiger partial charge is 0.507 e. The predicted molar refractivity (Wildman–Crippen MR) is 69.1 cm³/mol. The standard InChI is InChI=1S/C13H10ClFOS/c14-10-5-6-11(15)9(7-10)8-17-13-4-2-1-3-12(13)16/h1-7,16H,8H2. The van der Waals surface area contributed by atoms with Crippen LogP contribution in [-0.4, -0.2) is 5.11 Å². The Hall–Kier alpha value is -1.19. The molecule has 0 saturated carbocycles. The Balaban J connectivity index is 2.12. The lowest BCUT2D eigenvalue weighted by Crippen LogP contribution is -1.87. The Labute approximate surface area is 108 Å². The highest BCUT2D eigenvalue weighted by atomic mass is 35.5. The van der Waals surface area contributed by atoms with E-state index >= 15 is 0 Å². The van der Waals surface area contributed by atoms with Crippen molar-refractivity contribution >= 4 is 23.4 Å². The molecule has 1 nitrogen and oxygen atoms in total. The molecule has 1 N–H and O–H groups in total. The highest BCUT2D eigenvalue weighted by molar-refractivity contribution is 7.98. The van der Waals surface area contributed by atoms with Gasteiger partial charge in [0.25, 0.3) is 0 Å². The second kappa shape index (κ2) is 5.43. The Bertz CT molecular complexity index is 531. The lowest BCUT2D eigenvalue weighted by molar-refractivity contribution is 0.462. The van der Waals surface area contributed by atoms with Gasteiger partial charge in [-0.15, -0.1) is 11.8 Å². The van der Waals surface area contributed by atoms with E-state index in [4.69, 9.17) is 11.6 Å².